The first-order chi connectivity index (χ1) is 15.2. The van der Waals surface area contributed by atoms with Crippen LogP contribution in [0.5, 0.6) is 0 Å². The molecule has 1 atom stereocenters. The molecule has 0 aliphatic heterocycles. The molecule has 0 aliphatic carbocycles. The van der Waals surface area contributed by atoms with Gasteiger partial charge in [-0.2, -0.15) is 9.78 Å². The highest BCUT2D eigenvalue weighted by atomic mass is 19.3. The van der Waals surface area contributed by atoms with Crippen LogP contribution in [0.2, 0.25) is 0 Å². The molecule has 0 spiro atoms. The number of carbonyl (C=O) groups excluding carboxylic acids is 1. The third-order valence-corrected chi connectivity index (χ3v) is 4.99. The van der Waals surface area contributed by atoms with Crippen LogP contribution >= 0.6 is 0 Å². The minimum Gasteiger partial charge on any atom is -0.394 e. The minimum atomic E-state index is -2.65. The Balaban J connectivity index is 2.15. The van der Waals surface area contributed by atoms with Crippen LogP contribution in [-0.2, 0) is 0 Å². The molecule has 6 nitrogen and oxygen atoms in total. The van der Waals surface area contributed by atoms with E-state index in [0.717, 1.165) is 10.7 Å². The van der Waals surface area contributed by atoms with Gasteiger partial charge in [0.25, 0.3) is 17.9 Å². The number of amides is 1. The van der Waals surface area contributed by atoms with E-state index in [4.69, 9.17) is 0 Å². The smallest absolute Gasteiger partial charge is 0.284 e. The van der Waals surface area contributed by atoms with Crippen molar-refractivity contribution in [3.05, 3.63) is 81.9 Å². The monoisotopic (exact) mass is 445 g/mol. The number of carbonyl (C=O) groups is 1. The van der Waals surface area contributed by atoms with E-state index >= 15 is 0 Å². The van der Waals surface area contributed by atoms with Gasteiger partial charge in [0, 0.05) is 11.1 Å². The average molecular weight is 445 g/mol. The second-order valence-electron chi connectivity index (χ2n) is 7.57. The van der Waals surface area contributed by atoms with Gasteiger partial charge in [-0.25, -0.2) is 13.2 Å². The lowest BCUT2D eigenvalue weighted by atomic mass is 10.0. The van der Waals surface area contributed by atoms with Crippen molar-refractivity contribution >= 4 is 5.91 Å². The second-order valence-corrected chi connectivity index (χ2v) is 7.57. The lowest BCUT2D eigenvalue weighted by Gasteiger charge is -2.20. The number of nitrogens with zero attached hydrogens (tertiary/aromatic N) is 2. The molecule has 3 rings (SSSR count). The summed E-state index contributed by atoms with van der Waals surface area (Å²) in [6.45, 7) is 3.28. The predicted octanol–water partition coefficient (Wildman–Crippen LogP) is 3.72. The van der Waals surface area contributed by atoms with Gasteiger partial charge in [-0.15, -0.1) is 0 Å². The van der Waals surface area contributed by atoms with E-state index < -0.39 is 29.8 Å². The lowest BCUT2D eigenvalue weighted by molar-refractivity contribution is 0.0894. The van der Waals surface area contributed by atoms with Crippen LogP contribution in [0, 0.1) is 11.7 Å². The van der Waals surface area contributed by atoms with Gasteiger partial charge >= 0.3 is 0 Å². The molecule has 1 aromatic heterocycles. The van der Waals surface area contributed by atoms with Gasteiger partial charge in [0.2, 0.25) is 0 Å². The van der Waals surface area contributed by atoms with Crippen molar-refractivity contribution in [2.75, 3.05) is 6.61 Å². The molecule has 2 aromatic carbocycles. The Kier molecular flexibility index (Phi) is 7.09. The molecule has 0 unspecified atom stereocenters. The highest BCUT2D eigenvalue weighted by Crippen LogP contribution is 2.23. The maximum absolute atomic E-state index is 13.8. The molecule has 0 saturated carbocycles. The first kappa shape index (κ1) is 23.2. The summed E-state index contributed by atoms with van der Waals surface area (Å²) >= 11 is 0. The van der Waals surface area contributed by atoms with E-state index in [9.17, 15) is 27.9 Å². The van der Waals surface area contributed by atoms with Gasteiger partial charge in [-0.05, 0) is 30.2 Å². The lowest BCUT2D eigenvalue weighted by Crippen LogP contribution is -2.43. The number of hydrogen-bond donors (Lipinski definition) is 2. The zero-order valence-electron chi connectivity index (χ0n) is 17.4. The van der Waals surface area contributed by atoms with Crippen molar-refractivity contribution < 1.29 is 23.1 Å². The SMILES string of the molecule is CC(C)[C@@H](CO)NC(=O)c1cc(-c2ccc(C(F)F)cc2)nn(-c2cccc(F)c2)c1=O. The fourth-order valence-electron chi connectivity index (χ4n) is 3.05. The van der Waals surface area contributed by atoms with E-state index in [1.54, 1.807) is 13.8 Å². The summed E-state index contributed by atoms with van der Waals surface area (Å²) in [5.74, 6) is -1.44. The van der Waals surface area contributed by atoms with Gasteiger partial charge in [0.1, 0.15) is 11.4 Å². The van der Waals surface area contributed by atoms with E-state index in [2.05, 4.69) is 10.4 Å². The van der Waals surface area contributed by atoms with Crippen molar-refractivity contribution in [2.24, 2.45) is 5.92 Å². The van der Waals surface area contributed by atoms with Crippen LogP contribution in [0.3, 0.4) is 0 Å². The van der Waals surface area contributed by atoms with E-state index in [-0.39, 0.29) is 35.0 Å². The molecule has 2 N–H and O–H groups in total. The van der Waals surface area contributed by atoms with Gasteiger partial charge in [-0.1, -0.05) is 44.2 Å². The summed E-state index contributed by atoms with van der Waals surface area (Å²) < 4.78 is 40.5. The molecule has 0 aliphatic rings. The fraction of sp³-hybridized carbons (Fsp3) is 0.261. The summed E-state index contributed by atoms with van der Waals surface area (Å²) in [4.78, 5) is 25.9. The van der Waals surface area contributed by atoms with E-state index in [1.165, 1.54) is 48.5 Å². The summed E-state index contributed by atoms with van der Waals surface area (Å²) in [5.41, 5.74) is -0.621. The zero-order chi connectivity index (χ0) is 23.4. The molecule has 1 heterocycles. The Morgan fingerprint density at radius 3 is 2.38 bits per heavy atom. The van der Waals surface area contributed by atoms with Gasteiger partial charge in [0.15, 0.2) is 0 Å². The predicted molar refractivity (Wildman–Crippen MR) is 113 cm³/mol. The number of aromatic nitrogens is 2. The van der Waals surface area contributed by atoms with Crippen LogP contribution in [0.15, 0.2) is 59.4 Å². The van der Waals surface area contributed by atoms with Crippen molar-refractivity contribution in [1.29, 1.82) is 0 Å². The molecule has 1 amide bonds. The molecule has 3 aromatic rings. The zero-order valence-corrected chi connectivity index (χ0v) is 17.4. The maximum Gasteiger partial charge on any atom is 0.284 e. The van der Waals surface area contributed by atoms with Crippen LogP contribution < -0.4 is 10.9 Å². The first-order valence-electron chi connectivity index (χ1n) is 9.91. The molecule has 0 bridgehead atoms. The Labute approximate surface area is 182 Å². The van der Waals surface area contributed by atoms with Gasteiger partial charge in [-0.3, -0.25) is 9.59 Å². The first-order valence-corrected chi connectivity index (χ1v) is 9.91. The topological polar surface area (TPSA) is 84.2 Å². The van der Waals surface area contributed by atoms with Crippen molar-refractivity contribution in [1.82, 2.24) is 15.1 Å². The van der Waals surface area contributed by atoms with E-state index in [0.29, 0.717) is 5.56 Å². The summed E-state index contributed by atoms with van der Waals surface area (Å²) in [5, 5.41) is 16.4. The molecular weight excluding hydrogens is 423 g/mol. The average Bonchev–Trinajstić information content (AvgIpc) is 2.77. The standard InChI is InChI=1S/C23H22F3N3O3/c1-13(2)20(12-30)27-22(31)18-11-19(14-6-8-15(9-7-14)21(25)26)28-29(23(18)32)17-5-3-4-16(24)10-17/h3-11,13,20-21,30H,12H2,1-2H3,(H,27,31)/t20-/m1/s1. The summed E-state index contributed by atoms with van der Waals surface area (Å²) in [6, 6.07) is 11.0. The van der Waals surface area contributed by atoms with Crippen molar-refractivity contribution in [3.8, 4) is 16.9 Å². The summed E-state index contributed by atoms with van der Waals surface area (Å²) in [7, 11) is 0. The number of nitrogens with one attached hydrogen (secondary N) is 1. The third-order valence-electron chi connectivity index (χ3n) is 4.99. The number of rotatable bonds is 7. The van der Waals surface area contributed by atoms with Gasteiger partial charge < -0.3 is 10.4 Å². The minimum absolute atomic E-state index is 0.0951. The molecule has 32 heavy (non-hydrogen) atoms. The molecular formula is C23H22F3N3O3. The van der Waals surface area contributed by atoms with Crippen LogP contribution in [0.4, 0.5) is 13.2 Å². The van der Waals surface area contributed by atoms with Crippen molar-refractivity contribution in [2.45, 2.75) is 26.3 Å². The van der Waals surface area contributed by atoms with Crippen LogP contribution in [0.25, 0.3) is 16.9 Å². The third kappa shape index (κ3) is 5.05. The highest BCUT2D eigenvalue weighted by Gasteiger charge is 2.22. The molecule has 0 radical (unpaired) electrons. The number of aliphatic hydroxyl groups is 1. The Hall–Kier alpha value is -3.46. The highest BCUT2D eigenvalue weighted by molar-refractivity contribution is 5.95. The molecule has 0 saturated heterocycles. The number of alkyl halides is 2. The number of hydrogen-bond acceptors (Lipinski definition) is 4. The number of benzene rings is 2. The second kappa shape index (κ2) is 9.78. The Bertz CT molecular complexity index is 1160. The molecule has 0 fully saturated rings. The Morgan fingerprint density at radius 1 is 1.12 bits per heavy atom. The van der Waals surface area contributed by atoms with Crippen LogP contribution in [0.1, 0.15) is 36.2 Å². The largest absolute Gasteiger partial charge is 0.394 e. The summed E-state index contributed by atoms with van der Waals surface area (Å²) in [6.07, 6.45) is -2.65. The number of halogens is 3. The molecule has 9 heteroatoms. The molecule has 168 valence electrons. The maximum atomic E-state index is 13.8. The van der Waals surface area contributed by atoms with Crippen molar-refractivity contribution in [3.63, 3.8) is 0 Å². The quantitative estimate of drug-likeness (QED) is 0.581. The Morgan fingerprint density at radius 2 is 1.81 bits per heavy atom. The van der Waals surface area contributed by atoms with Crippen LogP contribution in [-0.4, -0.2) is 33.4 Å². The normalized spacial score (nSPS) is 12.2. The van der Waals surface area contributed by atoms with E-state index in [1.807, 2.05) is 0 Å². The van der Waals surface area contributed by atoms with Gasteiger partial charge in [0.05, 0.1) is 24.0 Å². The number of aliphatic hydroxyl groups excluding tert-OH is 1. The fourth-order valence-corrected chi connectivity index (χ4v) is 3.05.